The van der Waals surface area contributed by atoms with E-state index < -0.39 is 18.9 Å². The van der Waals surface area contributed by atoms with Gasteiger partial charge in [0.1, 0.15) is 0 Å². The molecule has 1 heterocycles. The number of hydrogen-bond acceptors (Lipinski definition) is 3. The van der Waals surface area contributed by atoms with Gasteiger partial charge in [-0.15, -0.1) is 0 Å². The number of nitrogens with one attached hydrogen (secondary N) is 2. The lowest BCUT2D eigenvalue weighted by Gasteiger charge is -2.21. The van der Waals surface area contributed by atoms with Crippen LogP contribution in [0.15, 0.2) is 12.1 Å². The fourth-order valence-electron chi connectivity index (χ4n) is 1.89. The Morgan fingerprint density at radius 2 is 2.05 bits per heavy atom. The lowest BCUT2D eigenvalue weighted by atomic mass is 10.0. The molecular formula is C12H13F4N3O. The van der Waals surface area contributed by atoms with Gasteiger partial charge in [-0.05, 0) is 24.1 Å². The molecule has 1 aromatic rings. The Morgan fingerprint density at radius 1 is 1.35 bits per heavy atom. The maximum atomic E-state index is 12.8. The van der Waals surface area contributed by atoms with Crippen molar-refractivity contribution in [2.45, 2.75) is 25.2 Å². The van der Waals surface area contributed by atoms with Crippen LogP contribution in [0.1, 0.15) is 12.0 Å². The number of carbonyl (C=O) groups is 1. The summed E-state index contributed by atoms with van der Waals surface area (Å²) in [6.45, 7) is -1.23. The van der Waals surface area contributed by atoms with Gasteiger partial charge in [-0.2, -0.15) is 8.78 Å². The molecule has 4 nitrogen and oxygen atoms in total. The molecule has 1 aliphatic rings. The van der Waals surface area contributed by atoms with E-state index in [1.165, 1.54) is 12.1 Å². The molecule has 0 saturated heterocycles. The maximum absolute atomic E-state index is 12.8. The molecule has 0 bridgehead atoms. The minimum absolute atomic E-state index is 0.0891. The van der Waals surface area contributed by atoms with Crippen LogP contribution in [0.5, 0.6) is 0 Å². The van der Waals surface area contributed by atoms with Crippen molar-refractivity contribution in [2.24, 2.45) is 0 Å². The van der Waals surface area contributed by atoms with E-state index in [-0.39, 0.29) is 17.3 Å². The van der Waals surface area contributed by atoms with E-state index >= 15 is 0 Å². The first-order valence-corrected chi connectivity index (χ1v) is 5.91. The molecule has 0 saturated carbocycles. The standard InChI is InChI=1S/C12H13F4N3O/c13-11(14)12(15,16)5-18-9-4-8-6(3-7(9)17)1-2-10(20)19-8/h3-4,11,18H,1-2,5,17H2,(H,19,20). The first-order chi connectivity index (χ1) is 9.29. The summed E-state index contributed by atoms with van der Waals surface area (Å²) in [5.74, 6) is -4.34. The third kappa shape index (κ3) is 2.94. The second-order valence-electron chi connectivity index (χ2n) is 4.56. The fourth-order valence-corrected chi connectivity index (χ4v) is 1.89. The van der Waals surface area contributed by atoms with Gasteiger partial charge >= 0.3 is 12.3 Å². The highest BCUT2D eigenvalue weighted by molar-refractivity contribution is 5.95. The van der Waals surface area contributed by atoms with E-state index in [1.807, 2.05) is 0 Å². The molecule has 0 unspecified atom stereocenters. The first kappa shape index (κ1) is 14.4. The number of aryl methyl sites for hydroxylation is 1. The summed E-state index contributed by atoms with van der Waals surface area (Å²) in [7, 11) is 0. The Labute approximate surface area is 112 Å². The van der Waals surface area contributed by atoms with E-state index in [2.05, 4.69) is 10.6 Å². The topological polar surface area (TPSA) is 67.2 Å². The monoisotopic (exact) mass is 291 g/mol. The molecule has 0 atom stereocenters. The average Bonchev–Trinajstić information content (AvgIpc) is 2.36. The van der Waals surface area contributed by atoms with Gasteiger partial charge in [0.05, 0.1) is 17.9 Å². The quantitative estimate of drug-likeness (QED) is 0.589. The molecule has 8 heteroatoms. The van der Waals surface area contributed by atoms with Crippen LogP contribution < -0.4 is 16.4 Å². The smallest absolute Gasteiger partial charge is 0.324 e. The zero-order valence-electron chi connectivity index (χ0n) is 10.4. The third-order valence-electron chi connectivity index (χ3n) is 3.00. The van der Waals surface area contributed by atoms with Crippen molar-refractivity contribution < 1.29 is 22.4 Å². The third-order valence-corrected chi connectivity index (χ3v) is 3.00. The van der Waals surface area contributed by atoms with E-state index in [1.54, 1.807) is 0 Å². The minimum Gasteiger partial charge on any atom is -0.397 e. The Morgan fingerprint density at radius 3 is 2.70 bits per heavy atom. The number of carbonyl (C=O) groups excluding carboxylic acids is 1. The highest BCUT2D eigenvalue weighted by Gasteiger charge is 2.40. The lowest BCUT2D eigenvalue weighted by Crippen LogP contribution is -2.35. The van der Waals surface area contributed by atoms with Gasteiger partial charge in [-0.1, -0.05) is 0 Å². The molecular weight excluding hydrogens is 278 g/mol. The van der Waals surface area contributed by atoms with Crippen molar-refractivity contribution in [3.8, 4) is 0 Å². The number of rotatable bonds is 4. The number of fused-ring (bicyclic) bond motifs is 1. The van der Waals surface area contributed by atoms with E-state index in [0.717, 1.165) is 5.56 Å². The summed E-state index contributed by atoms with van der Waals surface area (Å²) in [6.07, 6.45) is -2.94. The number of anilines is 3. The number of alkyl halides is 4. The van der Waals surface area contributed by atoms with Crippen molar-refractivity contribution in [2.75, 3.05) is 22.9 Å². The second-order valence-corrected chi connectivity index (χ2v) is 4.56. The minimum atomic E-state index is -4.15. The van der Waals surface area contributed by atoms with Crippen LogP contribution in [-0.4, -0.2) is 24.8 Å². The van der Waals surface area contributed by atoms with Crippen molar-refractivity contribution >= 4 is 23.0 Å². The van der Waals surface area contributed by atoms with Crippen LogP contribution in [0, 0.1) is 0 Å². The van der Waals surface area contributed by atoms with Crippen LogP contribution in [0.4, 0.5) is 34.6 Å². The molecule has 1 aromatic carbocycles. The van der Waals surface area contributed by atoms with E-state index in [0.29, 0.717) is 18.5 Å². The first-order valence-electron chi connectivity index (χ1n) is 5.91. The van der Waals surface area contributed by atoms with Gasteiger partial charge in [-0.3, -0.25) is 4.79 Å². The molecule has 110 valence electrons. The van der Waals surface area contributed by atoms with Crippen LogP contribution in [0.2, 0.25) is 0 Å². The molecule has 0 spiro atoms. The predicted molar refractivity (Wildman–Crippen MR) is 67.2 cm³/mol. The van der Waals surface area contributed by atoms with Crippen molar-refractivity contribution in [3.05, 3.63) is 17.7 Å². The van der Waals surface area contributed by atoms with Gasteiger partial charge in [0, 0.05) is 12.1 Å². The molecule has 2 rings (SSSR count). The Hall–Kier alpha value is -1.99. The second kappa shape index (κ2) is 5.18. The summed E-state index contributed by atoms with van der Waals surface area (Å²) in [5, 5.41) is 4.77. The van der Waals surface area contributed by atoms with E-state index in [9.17, 15) is 22.4 Å². The largest absolute Gasteiger partial charge is 0.397 e. The number of hydrogen-bond donors (Lipinski definition) is 3. The molecule has 20 heavy (non-hydrogen) atoms. The number of benzene rings is 1. The Bertz CT molecular complexity index is 534. The SMILES string of the molecule is Nc1cc2c(cc1NCC(F)(F)C(F)F)NC(=O)CC2. The highest BCUT2D eigenvalue weighted by Crippen LogP contribution is 2.32. The molecule has 0 aliphatic carbocycles. The summed E-state index contributed by atoms with van der Waals surface area (Å²) in [4.78, 5) is 11.2. The number of nitrogen functional groups attached to an aromatic ring is 1. The number of nitrogens with two attached hydrogens (primary N) is 1. The fraction of sp³-hybridized carbons (Fsp3) is 0.417. The number of amides is 1. The number of halogens is 4. The summed E-state index contributed by atoms with van der Waals surface area (Å²) < 4.78 is 49.8. The van der Waals surface area contributed by atoms with Crippen LogP contribution >= 0.6 is 0 Å². The molecule has 0 fully saturated rings. The van der Waals surface area contributed by atoms with Gasteiger partial charge in [0.2, 0.25) is 5.91 Å². The summed E-state index contributed by atoms with van der Waals surface area (Å²) in [6, 6.07) is 2.92. The molecule has 0 radical (unpaired) electrons. The van der Waals surface area contributed by atoms with E-state index in [4.69, 9.17) is 5.73 Å². The van der Waals surface area contributed by atoms with Gasteiger partial charge < -0.3 is 16.4 Å². The van der Waals surface area contributed by atoms with Crippen molar-refractivity contribution in [1.29, 1.82) is 0 Å². The molecule has 1 aliphatic heterocycles. The predicted octanol–water partition coefficient (Wildman–Crippen LogP) is 2.47. The maximum Gasteiger partial charge on any atom is 0.324 e. The zero-order valence-corrected chi connectivity index (χ0v) is 10.4. The summed E-state index contributed by atoms with van der Waals surface area (Å²) in [5.41, 5.74) is 7.18. The van der Waals surface area contributed by atoms with Gasteiger partial charge in [0.15, 0.2) is 0 Å². The van der Waals surface area contributed by atoms with Crippen LogP contribution in [0.3, 0.4) is 0 Å². The Balaban J connectivity index is 2.17. The lowest BCUT2D eigenvalue weighted by molar-refractivity contribution is -0.117. The average molecular weight is 291 g/mol. The molecule has 4 N–H and O–H groups in total. The molecule has 0 aromatic heterocycles. The molecule has 1 amide bonds. The van der Waals surface area contributed by atoms with Crippen molar-refractivity contribution in [3.63, 3.8) is 0 Å². The van der Waals surface area contributed by atoms with Gasteiger partial charge in [-0.25, -0.2) is 8.78 Å². The summed E-state index contributed by atoms with van der Waals surface area (Å²) >= 11 is 0. The van der Waals surface area contributed by atoms with Crippen molar-refractivity contribution in [1.82, 2.24) is 0 Å². The van der Waals surface area contributed by atoms with Gasteiger partial charge in [0.25, 0.3) is 0 Å². The highest BCUT2D eigenvalue weighted by atomic mass is 19.3. The zero-order chi connectivity index (χ0) is 14.9. The Kier molecular flexibility index (Phi) is 3.74. The van der Waals surface area contributed by atoms with Crippen LogP contribution in [-0.2, 0) is 11.2 Å². The van der Waals surface area contributed by atoms with Crippen LogP contribution in [0.25, 0.3) is 0 Å². The normalized spacial score (nSPS) is 14.9.